The maximum absolute atomic E-state index is 10.9. The molecule has 2 rings (SSSR count). The number of benzene rings is 1. The second-order valence-electron chi connectivity index (χ2n) is 4.26. The molecule has 0 bridgehead atoms. The zero-order chi connectivity index (χ0) is 15.6. The van der Waals surface area contributed by atoms with Crippen LogP contribution in [0.15, 0.2) is 47.2 Å². The monoisotopic (exact) mass is 306 g/mol. The first-order valence-electron chi connectivity index (χ1n) is 5.88. The van der Waals surface area contributed by atoms with E-state index in [0.717, 1.165) is 0 Å². The molecule has 1 heterocycles. The summed E-state index contributed by atoms with van der Waals surface area (Å²) >= 11 is 5.84. The molecule has 108 valence electrons. The Balaban J connectivity index is 2.57. The molecule has 6 nitrogen and oxygen atoms in total. The molecule has 1 aliphatic rings. The van der Waals surface area contributed by atoms with Gasteiger partial charge in [0.15, 0.2) is 5.76 Å². The Bertz CT molecular complexity index is 686. The number of hydrogen-bond acceptors (Lipinski definition) is 5. The van der Waals surface area contributed by atoms with Crippen molar-refractivity contribution in [1.82, 2.24) is 0 Å². The van der Waals surface area contributed by atoms with E-state index in [0.29, 0.717) is 10.6 Å². The molecular formula is C14H11ClN2O4. The fourth-order valence-corrected chi connectivity index (χ4v) is 2.19. The SMILES string of the molecule is CC1=C(OC(=O)O)C(c2ccc(Cl)cc2)C(C#N)=C(N)O1. The van der Waals surface area contributed by atoms with Crippen LogP contribution >= 0.6 is 11.6 Å². The van der Waals surface area contributed by atoms with Crippen LogP contribution in [-0.4, -0.2) is 11.3 Å². The summed E-state index contributed by atoms with van der Waals surface area (Å²) in [4.78, 5) is 10.9. The normalized spacial score (nSPS) is 18.0. The highest BCUT2D eigenvalue weighted by Gasteiger charge is 2.34. The van der Waals surface area contributed by atoms with Crippen LogP contribution in [0.25, 0.3) is 0 Å². The first kappa shape index (κ1) is 14.8. The van der Waals surface area contributed by atoms with Crippen molar-refractivity contribution in [3.63, 3.8) is 0 Å². The third kappa shape index (κ3) is 2.93. The first-order valence-corrected chi connectivity index (χ1v) is 6.26. The zero-order valence-corrected chi connectivity index (χ0v) is 11.7. The van der Waals surface area contributed by atoms with E-state index in [1.165, 1.54) is 6.92 Å². The Morgan fingerprint density at radius 1 is 1.48 bits per heavy atom. The lowest BCUT2D eigenvalue weighted by Crippen LogP contribution is -2.22. The minimum atomic E-state index is -1.50. The smallest absolute Gasteiger partial charge is 0.449 e. The molecule has 1 aliphatic heterocycles. The number of carbonyl (C=O) groups is 1. The second kappa shape index (κ2) is 5.77. The van der Waals surface area contributed by atoms with E-state index in [1.807, 2.05) is 6.07 Å². The molecule has 21 heavy (non-hydrogen) atoms. The molecule has 0 spiro atoms. The molecule has 0 amide bonds. The second-order valence-corrected chi connectivity index (χ2v) is 4.70. The third-order valence-electron chi connectivity index (χ3n) is 2.95. The molecule has 0 radical (unpaired) electrons. The van der Waals surface area contributed by atoms with Gasteiger partial charge in [0.2, 0.25) is 5.88 Å². The van der Waals surface area contributed by atoms with Gasteiger partial charge < -0.3 is 20.3 Å². The molecule has 0 aromatic heterocycles. The summed E-state index contributed by atoms with van der Waals surface area (Å²) in [7, 11) is 0. The Hall–Kier alpha value is -2.65. The van der Waals surface area contributed by atoms with Crippen LogP contribution in [0, 0.1) is 11.3 Å². The lowest BCUT2D eigenvalue weighted by molar-refractivity contribution is 0.105. The van der Waals surface area contributed by atoms with Gasteiger partial charge in [-0.2, -0.15) is 5.26 Å². The molecule has 0 saturated carbocycles. The predicted octanol–water partition coefficient (Wildman–Crippen LogP) is 3.07. The molecule has 1 aromatic rings. The third-order valence-corrected chi connectivity index (χ3v) is 3.20. The Morgan fingerprint density at radius 2 is 2.10 bits per heavy atom. The van der Waals surface area contributed by atoms with Crippen LogP contribution in [0.2, 0.25) is 5.02 Å². The number of halogens is 1. The van der Waals surface area contributed by atoms with Crippen LogP contribution in [0.5, 0.6) is 0 Å². The average Bonchev–Trinajstić information content (AvgIpc) is 2.42. The van der Waals surface area contributed by atoms with Gasteiger partial charge in [-0.1, -0.05) is 23.7 Å². The lowest BCUT2D eigenvalue weighted by Gasteiger charge is -2.26. The summed E-state index contributed by atoms with van der Waals surface area (Å²) in [6.07, 6.45) is -1.50. The number of hydrogen-bond donors (Lipinski definition) is 2. The summed E-state index contributed by atoms with van der Waals surface area (Å²) in [5, 5.41) is 18.6. The van der Waals surface area contributed by atoms with Gasteiger partial charge in [0.1, 0.15) is 17.4 Å². The van der Waals surface area contributed by atoms with Crippen molar-refractivity contribution < 1.29 is 19.4 Å². The van der Waals surface area contributed by atoms with Crippen molar-refractivity contribution in [2.45, 2.75) is 12.8 Å². The number of nitriles is 1. The molecule has 1 atom stereocenters. The largest absolute Gasteiger partial charge is 0.511 e. The van der Waals surface area contributed by atoms with Crippen molar-refractivity contribution in [1.29, 1.82) is 5.26 Å². The molecule has 3 N–H and O–H groups in total. The van der Waals surface area contributed by atoms with E-state index in [4.69, 9.17) is 31.9 Å². The van der Waals surface area contributed by atoms with Gasteiger partial charge in [-0.15, -0.1) is 0 Å². The van der Waals surface area contributed by atoms with Crippen LogP contribution in [0.1, 0.15) is 18.4 Å². The Labute approximate surface area is 125 Å². The zero-order valence-electron chi connectivity index (χ0n) is 11.0. The Kier molecular flexibility index (Phi) is 4.05. The van der Waals surface area contributed by atoms with Gasteiger partial charge in [0.25, 0.3) is 0 Å². The summed E-state index contributed by atoms with van der Waals surface area (Å²) in [6, 6.07) is 8.53. The van der Waals surface area contributed by atoms with Crippen LogP contribution in [0.3, 0.4) is 0 Å². The minimum absolute atomic E-state index is 0.00979. The highest BCUT2D eigenvalue weighted by atomic mass is 35.5. The molecule has 0 fully saturated rings. The van der Waals surface area contributed by atoms with Gasteiger partial charge >= 0.3 is 6.16 Å². The lowest BCUT2D eigenvalue weighted by atomic mass is 9.88. The molecule has 7 heteroatoms. The van der Waals surface area contributed by atoms with Gasteiger partial charge in [-0.3, -0.25) is 0 Å². The van der Waals surface area contributed by atoms with E-state index < -0.39 is 12.1 Å². The molecule has 1 aromatic carbocycles. The van der Waals surface area contributed by atoms with Gasteiger partial charge in [-0.25, -0.2) is 4.79 Å². The number of nitrogens with zero attached hydrogens (tertiary/aromatic N) is 1. The molecule has 0 saturated heterocycles. The van der Waals surface area contributed by atoms with Gasteiger partial charge in [0, 0.05) is 5.02 Å². The van der Waals surface area contributed by atoms with Crippen molar-refractivity contribution in [3.05, 3.63) is 57.8 Å². The van der Waals surface area contributed by atoms with Crippen molar-refractivity contribution in [2.24, 2.45) is 5.73 Å². The highest BCUT2D eigenvalue weighted by molar-refractivity contribution is 6.30. The number of rotatable bonds is 2. The van der Waals surface area contributed by atoms with E-state index in [2.05, 4.69) is 0 Å². The van der Waals surface area contributed by atoms with Gasteiger partial charge in [-0.05, 0) is 24.6 Å². The van der Waals surface area contributed by atoms with E-state index in [9.17, 15) is 10.1 Å². The number of ether oxygens (including phenoxy) is 2. The summed E-state index contributed by atoms with van der Waals surface area (Å²) in [6.45, 7) is 1.52. The van der Waals surface area contributed by atoms with Crippen LogP contribution in [0.4, 0.5) is 4.79 Å². The maximum atomic E-state index is 10.9. The fourth-order valence-electron chi connectivity index (χ4n) is 2.06. The quantitative estimate of drug-likeness (QED) is 0.813. The maximum Gasteiger partial charge on any atom is 0.511 e. The standard InChI is InChI=1S/C14H11ClN2O4/c1-7-12(21-14(18)19)11(10(6-16)13(17)20-7)8-2-4-9(15)5-3-8/h2-5,11H,17H2,1H3,(H,18,19). The van der Waals surface area contributed by atoms with Crippen LogP contribution < -0.4 is 5.73 Å². The van der Waals surface area contributed by atoms with Gasteiger partial charge in [0.05, 0.1) is 5.92 Å². The van der Waals surface area contributed by atoms with E-state index >= 15 is 0 Å². The number of carboxylic acid groups (broad SMARTS) is 1. The first-order chi connectivity index (χ1) is 9.93. The summed E-state index contributed by atoms with van der Waals surface area (Å²) < 4.78 is 9.96. The van der Waals surface area contributed by atoms with Crippen molar-refractivity contribution in [3.8, 4) is 6.07 Å². The van der Waals surface area contributed by atoms with E-state index in [-0.39, 0.29) is 23.0 Å². The highest BCUT2D eigenvalue weighted by Crippen LogP contribution is 2.39. The average molecular weight is 307 g/mol. The fraction of sp³-hybridized carbons (Fsp3) is 0.143. The molecular weight excluding hydrogens is 296 g/mol. The van der Waals surface area contributed by atoms with Crippen molar-refractivity contribution >= 4 is 17.8 Å². The number of allylic oxidation sites excluding steroid dienone is 2. The van der Waals surface area contributed by atoms with E-state index in [1.54, 1.807) is 24.3 Å². The van der Waals surface area contributed by atoms with Crippen LogP contribution in [-0.2, 0) is 9.47 Å². The predicted molar refractivity (Wildman–Crippen MR) is 73.9 cm³/mol. The van der Waals surface area contributed by atoms with Crippen molar-refractivity contribution in [2.75, 3.05) is 0 Å². The Morgan fingerprint density at radius 3 is 2.62 bits per heavy atom. The molecule has 1 unspecified atom stereocenters. The summed E-state index contributed by atoms with van der Waals surface area (Å²) in [5.74, 6) is -0.630. The minimum Gasteiger partial charge on any atom is -0.449 e. The molecule has 0 aliphatic carbocycles. The summed E-state index contributed by atoms with van der Waals surface area (Å²) in [5.41, 5.74) is 6.41. The topological polar surface area (TPSA) is 106 Å². The number of nitrogens with two attached hydrogens (primary N) is 1.